The predicted octanol–water partition coefficient (Wildman–Crippen LogP) is 2.28. The molecular weight excluding hydrogens is 335 g/mol. The summed E-state index contributed by atoms with van der Waals surface area (Å²) in [6.07, 6.45) is 2.31. The molecule has 1 fully saturated rings. The van der Waals surface area contributed by atoms with Crippen molar-refractivity contribution in [3.05, 3.63) is 29.6 Å². The van der Waals surface area contributed by atoms with Crippen molar-refractivity contribution in [2.24, 2.45) is 5.92 Å². The number of nitrogens with one attached hydrogen (secondary N) is 2. The first-order valence-electron chi connectivity index (χ1n) is 8.36. The van der Waals surface area contributed by atoms with Crippen LogP contribution in [0.15, 0.2) is 12.1 Å². The van der Waals surface area contributed by atoms with E-state index in [-0.39, 0.29) is 18.4 Å². The minimum Gasteiger partial charge on any atom is -0.333 e. The number of carbonyl (C=O) groups is 2. The molecule has 1 atom stereocenters. The molecule has 0 aromatic heterocycles. The molecule has 5 nitrogen and oxygen atoms in total. The lowest BCUT2D eigenvalue weighted by Crippen LogP contribution is -2.46. The van der Waals surface area contributed by atoms with E-state index in [4.69, 9.17) is 0 Å². The number of piperidine rings is 1. The van der Waals surface area contributed by atoms with Crippen LogP contribution in [0.1, 0.15) is 26.2 Å². The topological polar surface area (TPSA) is 61.4 Å². The van der Waals surface area contributed by atoms with Crippen LogP contribution in [0.3, 0.4) is 0 Å². The van der Waals surface area contributed by atoms with E-state index < -0.39 is 29.0 Å². The molecule has 1 aliphatic heterocycles. The summed E-state index contributed by atoms with van der Waals surface area (Å²) in [5.41, 5.74) is -0.452. The summed E-state index contributed by atoms with van der Waals surface area (Å²) < 4.78 is 39.8. The molecule has 8 heteroatoms. The Balaban J connectivity index is 2.02. The van der Waals surface area contributed by atoms with E-state index in [1.807, 2.05) is 6.92 Å². The molecule has 0 aliphatic carbocycles. The van der Waals surface area contributed by atoms with E-state index in [1.54, 1.807) is 0 Å². The van der Waals surface area contributed by atoms with Gasteiger partial charge in [-0.2, -0.15) is 0 Å². The first-order valence-corrected chi connectivity index (χ1v) is 8.36. The van der Waals surface area contributed by atoms with Gasteiger partial charge in [0.15, 0.2) is 17.5 Å². The monoisotopic (exact) mass is 357 g/mol. The molecule has 1 heterocycles. The number of anilines is 1. The largest absolute Gasteiger partial charge is 0.333 e. The first-order chi connectivity index (χ1) is 11.9. The zero-order chi connectivity index (χ0) is 18.4. The number of rotatable bonds is 6. The van der Waals surface area contributed by atoms with Crippen LogP contribution in [0.4, 0.5) is 18.9 Å². The SMILES string of the molecule is CCCN(CC(=O)Nc1ccc(F)c(F)c1F)C(=O)C1CCCNC1. The Morgan fingerprint density at radius 3 is 2.68 bits per heavy atom. The standard InChI is InChI=1S/C17H22F3N3O2/c1-2-8-23(17(25)11-4-3-7-21-9-11)10-14(24)22-13-6-5-12(18)15(19)16(13)20/h5-6,11,21H,2-4,7-10H2,1H3,(H,22,24). The molecule has 138 valence electrons. The molecule has 1 saturated heterocycles. The maximum absolute atomic E-state index is 13.6. The number of hydrogen-bond donors (Lipinski definition) is 2. The Hall–Kier alpha value is -2.09. The fourth-order valence-electron chi connectivity index (χ4n) is 2.84. The molecule has 1 aromatic rings. The highest BCUT2D eigenvalue weighted by atomic mass is 19.2. The van der Waals surface area contributed by atoms with Crippen molar-refractivity contribution in [1.82, 2.24) is 10.2 Å². The summed E-state index contributed by atoms with van der Waals surface area (Å²) in [6.45, 7) is 3.45. The maximum Gasteiger partial charge on any atom is 0.244 e. The lowest BCUT2D eigenvalue weighted by molar-refractivity contribution is -0.138. The first kappa shape index (κ1) is 19.2. The lowest BCUT2D eigenvalue weighted by Gasteiger charge is -2.29. The van der Waals surface area contributed by atoms with Crippen LogP contribution >= 0.6 is 0 Å². The van der Waals surface area contributed by atoms with Gasteiger partial charge in [-0.3, -0.25) is 9.59 Å². The van der Waals surface area contributed by atoms with E-state index in [0.29, 0.717) is 19.5 Å². The van der Waals surface area contributed by atoms with Crippen LogP contribution < -0.4 is 10.6 Å². The van der Waals surface area contributed by atoms with Crippen molar-refractivity contribution in [1.29, 1.82) is 0 Å². The van der Waals surface area contributed by atoms with Gasteiger partial charge in [-0.05, 0) is 37.9 Å². The molecule has 25 heavy (non-hydrogen) atoms. The second kappa shape index (κ2) is 8.84. The highest BCUT2D eigenvalue weighted by Gasteiger charge is 2.27. The molecule has 1 aromatic carbocycles. The number of nitrogens with zero attached hydrogens (tertiary/aromatic N) is 1. The summed E-state index contributed by atoms with van der Waals surface area (Å²) in [7, 11) is 0. The second-order valence-electron chi connectivity index (χ2n) is 6.07. The van der Waals surface area contributed by atoms with Gasteiger partial charge in [-0.25, -0.2) is 13.2 Å². The van der Waals surface area contributed by atoms with Gasteiger partial charge in [0.25, 0.3) is 0 Å². The number of hydrogen-bond acceptors (Lipinski definition) is 3. The van der Waals surface area contributed by atoms with Crippen LogP contribution in [0.25, 0.3) is 0 Å². The predicted molar refractivity (Wildman–Crippen MR) is 87.4 cm³/mol. The van der Waals surface area contributed by atoms with E-state index in [1.165, 1.54) is 4.90 Å². The third-order valence-corrected chi connectivity index (χ3v) is 4.10. The Morgan fingerprint density at radius 1 is 1.28 bits per heavy atom. The normalized spacial score (nSPS) is 17.2. The molecule has 2 amide bonds. The highest BCUT2D eigenvalue weighted by molar-refractivity contribution is 5.95. The summed E-state index contributed by atoms with van der Waals surface area (Å²) in [6, 6.07) is 1.68. The summed E-state index contributed by atoms with van der Waals surface area (Å²) >= 11 is 0. The third kappa shape index (κ3) is 4.94. The molecule has 0 radical (unpaired) electrons. The molecule has 0 bridgehead atoms. The van der Waals surface area contributed by atoms with Gasteiger partial charge >= 0.3 is 0 Å². The maximum atomic E-state index is 13.6. The number of benzene rings is 1. The van der Waals surface area contributed by atoms with Crippen LogP contribution in [0, 0.1) is 23.4 Å². The molecule has 1 unspecified atom stereocenters. The Bertz CT molecular complexity index is 634. The van der Waals surface area contributed by atoms with Gasteiger partial charge in [0, 0.05) is 13.1 Å². The molecule has 1 aliphatic rings. The van der Waals surface area contributed by atoms with Crippen LogP contribution in [-0.2, 0) is 9.59 Å². The van der Waals surface area contributed by atoms with Gasteiger partial charge in [0.2, 0.25) is 11.8 Å². The fourth-order valence-corrected chi connectivity index (χ4v) is 2.84. The van der Waals surface area contributed by atoms with Gasteiger partial charge in [0.1, 0.15) is 0 Å². The van der Waals surface area contributed by atoms with Crippen molar-refractivity contribution in [2.75, 3.05) is 31.5 Å². The van der Waals surface area contributed by atoms with E-state index in [2.05, 4.69) is 10.6 Å². The van der Waals surface area contributed by atoms with Crippen molar-refractivity contribution in [2.45, 2.75) is 26.2 Å². The minimum absolute atomic E-state index is 0.130. The quantitative estimate of drug-likeness (QED) is 0.768. The van der Waals surface area contributed by atoms with E-state index in [0.717, 1.165) is 31.5 Å². The molecule has 0 spiro atoms. The van der Waals surface area contributed by atoms with E-state index >= 15 is 0 Å². The molecule has 2 rings (SSSR count). The summed E-state index contributed by atoms with van der Waals surface area (Å²) in [4.78, 5) is 26.1. The lowest BCUT2D eigenvalue weighted by atomic mass is 9.98. The van der Waals surface area contributed by atoms with Gasteiger partial charge in [0.05, 0.1) is 18.2 Å². The Kier molecular flexibility index (Phi) is 6.81. The van der Waals surface area contributed by atoms with Crippen molar-refractivity contribution in [3.63, 3.8) is 0 Å². The van der Waals surface area contributed by atoms with Crippen LogP contribution in [-0.4, -0.2) is 42.9 Å². The fraction of sp³-hybridized carbons (Fsp3) is 0.529. The number of amides is 2. The Labute approximate surface area is 144 Å². The van der Waals surface area contributed by atoms with Gasteiger partial charge < -0.3 is 15.5 Å². The average Bonchev–Trinajstić information content (AvgIpc) is 2.62. The molecule has 2 N–H and O–H groups in total. The third-order valence-electron chi connectivity index (χ3n) is 4.10. The number of halogens is 3. The molecular formula is C17H22F3N3O2. The summed E-state index contributed by atoms with van der Waals surface area (Å²) in [5, 5.41) is 5.34. The molecule has 0 saturated carbocycles. The van der Waals surface area contributed by atoms with Gasteiger partial charge in [-0.1, -0.05) is 6.92 Å². The van der Waals surface area contributed by atoms with E-state index in [9.17, 15) is 22.8 Å². The zero-order valence-corrected chi connectivity index (χ0v) is 14.1. The number of carbonyl (C=O) groups excluding carboxylic acids is 2. The van der Waals surface area contributed by atoms with Crippen molar-refractivity contribution in [3.8, 4) is 0 Å². The van der Waals surface area contributed by atoms with Crippen LogP contribution in [0.2, 0.25) is 0 Å². The van der Waals surface area contributed by atoms with Crippen molar-refractivity contribution >= 4 is 17.5 Å². The van der Waals surface area contributed by atoms with Gasteiger partial charge in [-0.15, -0.1) is 0 Å². The smallest absolute Gasteiger partial charge is 0.244 e. The van der Waals surface area contributed by atoms with Crippen molar-refractivity contribution < 1.29 is 22.8 Å². The second-order valence-corrected chi connectivity index (χ2v) is 6.07. The zero-order valence-electron chi connectivity index (χ0n) is 14.1. The highest BCUT2D eigenvalue weighted by Crippen LogP contribution is 2.20. The minimum atomic E-state index is -1.65. The summed E-state index contributed by atoms with van der Waals surface area (Å²) in [5.74, 6) is -5.41. The Morgan fingerprint density at radius 2 is 2.04 bits per heavy atom. The van der Waals surface area contributed by atoms with Crippen LogP contribution in [0.5, 0.6) is 0 Å². The average molecular weight is 357 g/mol.